The summed E-state index contributed by atoms with van der Waals surface area (Å²) in [7, 11) is 1.63. The molecule has 3 aromatic rings. The highest BCUT2D eigenvalue weighted by Crippen LogP contribution is 2.25. The summed E-state index contributed by atoms with van der Waals surface area (Å²) in [5.41, 5.74) is 1.83. The predicted molar refractivity (Wildman–Crippen MR) is 97.1 cm³/mol. The van der Waals surface area contributed by atoms with Gasteiger partial charge >= 0.3 is 0 Å². The maximum Gasteiger partial charge on any atom is 0.270 e. The van der Waals surface area contributed by atoms with Gasteiger partial charge in [0.15, 0.2) is 4.47 Å². The first-order valence-corrected chi connectivity index (χ1v) is 8.48. The molecule has 2 aromatic carbocycles. The third kappa shape index (κ3) is 3.75. The van der Waals surface area contributed by atoms with Crippen LogP contribution in [-0.2, 0) is 6.54 Å². The van der Waals surface area contributed by atoms with Gasteiger partial charge in [-0.25, -0.2) is 4.98 Å². The molecule has 1 aromatic heterocycles. The Labute approximate surface area is 149 Å². The number of methoxy groups -OCH3 is 1. The van der Waals surface area contributed by atoms with E-state index in [0.717, 1.165) is 17.0 Å². The number of hydrogen-bond donors (Lipinski definition) is 0. The highest BCUT2D eigenvalue weighted by Gasteiger charge is 2.20. The summed E-state index contributed by atoms with van der Waals surface area (Å²) >= 11 is 7.05. The van der Waals surface area contributed by atoms with Crippen molar-refractivity contribution >= 4 is 34.5 Å². The molecule has 0 aliphatic carbocycles. The van der Waals surface area contributed by atoms with Crippen LogP contribution in [0.2, 0.25) is 4.47 Å². The van der Waals surface area contributed by atoms with Gasteiger partial charge in [0.2, 0.25) is 0 Å². The van der Waals surface area contributed by atoms with E-state index in [4.69, 9.17) is 16.3 Å². The fraction of sp³-hybridized carbons (Fsp3) is 0.111. The molecule has 0 bridgehead atoms. The van der Waals surface area contributed by atoms with Gasteiger partial charge in [0.05, 0.1) is 19.9 Å². The Morgan fingerprint density at radius 2 is 1.88 bits per heavy atom. The van der Waals surface area contributed by atoms with Crippen molar-refractivity contribution in [3.8, 4) is 5.75 Å². The lowest BCUT2D eigenvalue weighted by atomic mass is 10.2. The van der Waals surface area contributed by atoms with Crippen LogP contribution in [0.5, 0.6) is 5.75 Å². The fourth-order valence-corrected chi connectivity index (χ4v) is 3.17. The summed E-state index contributed by atoms with van der Waals surface area (Å²) in [6.45, 7) is 0.447. The number of carbonyl (C=O) groups excluding carboxylic acids is 1. The quantitative estimate of drug-likeness (QED) is 0.666. The van der Waals surface area contributed by atoms with Crippen molar-refractivity contribution in [2.24, 2.45) is 0 Å². The zero-order valence-corrected chi connectivity index (χ0v) is 14.6. The Hall–Kier alpha value is -2.37. The van der Waals surface area contributed by atoms with Crippen LogP contribution >= 0.6 is 22.9 Å². The van der Waals surface area contributed by atoms with Crippen molar-refractivity contribution in [1.82, 2.24) is 4.98 Å². The van der Waals surface area contributed by atoms with Gasteiger partial charge < -0.3 is 9.64 Å². The molecule has 1 heterocycles. The van der Waals surface area contributed by atoms with E-state index in [1.807, 2.05) is 54.6 Å². The number of ether oxygens (including phenoxy) is 1. The van der Waals surface area contributed by atoms with E-state index in [9.17, 15) is 4.79 Å². The van der Waals surface area contributed by atoms with Crippen molar-refractivity contribution < 1.29 is 9.53 Å². The topological polar surface area (TPSA) is 42.4 Å². The first kappa shape index (κ1) is 16.5. The summed E-state index contributed by atoms with van der Waals surface area (Å²) < 4.78 is 5.53. The number of carbonyl (C=O) groups is 1. The molecule has 0 saturated heterocycles. The Bertz CT molecular complexity index is 819. The first-order valence-electron chi connectivity index (χ1n) is 7.28. The van der Waals surface area contributed by atoms with E-state index in [-0.39, 0.29) is 5.91 Å². The van der Waals surface area contributed by atoms with Crippen LogP contribution in [0.1, 0.15) is 15.2 Å². The Kier molecular flexibility index (Phi) is 5.13. The van der Waals surface area contributed by atoms with Crippen LogP contribution in [0.25, 0.3) is 0 Å². The molecule has 0 spiro atoms. The van der Waals surface area contributed by atoms with Gasteiger partial charge in [-0.05, 0) is 29.8 Å². The Morgan fingerprint density at radius 3 is 2.46 bits per heavy atom. The second-order valence-electron chi connectivity index (χ2n) is 5.05. The molecule has 0 radical (unpaired) electrons. The molecule has 6 heteroatoms. The van der Waals surface area contributed by atoms with Crippen LogP contribution in [0, 0.1) is 0 Å². The Balaban J connectivity index is 1.91. The summed E-state index contributed by atoms with van der Waals surface area (Å²) in [6, 6.07) is 17.2. The van der Waals surface area contributed by atoms with E-state index in [2.05, 4.69) is 4.98 Å². The molecule has 0 saturated carbocycles. The van der Waals surface area contributed by atoms with Crippen LogP contribution in [0.15, 0.2) is 60.8 Å². The number of rotatable bonds is 5. The van der Waals surface area contributed by atoms with Gasteiger partial charge in [-0.2, -0.15) is 0 Å². The minimum atomic E-state index is -0.124. The summed E-state index contributed by atoms with van der Waals surface area (Å²) in [6.07, 6.45) is 1.51. The van der Waals surface area contributed by atoms with Gasteiger partial charge in [0.1, 0.15) is 10.6 Å². The normalized spacial score (nSPS) is 10.4. The SMILES string of the molecule is COc1ccc(CN(C(=O)c2cnc(Cl)s2)c2ccccc2)cc1. The fourth-order valence-electron chi connectivity index (χ4n) is 2.29. The van der Waals surface area contributed by atoms with Crippen LogP contribution in [-0.4, -0.2) is 18.0 Å². The van der Waals surface area contributed by atoms with Gasteiger partial charge in [0, 0.05) is 5.69 Å². The second kappa shape index (κ2) is 7.47. The number of nitrogens with zero attached hydrogens (tertiary/aromatic N) is 2. The van der Waals surface area contributed by atoms with E-state index in [1.54, 1.807) is 12.0 Å². The number of thiazole rings is 1. The van der Waals surface area contributed by atoms with E-state index in [1.165, 1.54) is 17.5 Å². The number of anilines is 1. The predicted octanol–water partition coefficient (Wildman–Crippen LogP) is 4.65. The van der Waals surface area contributed by atoms with Crippen LogP contribution in [0.3, 0.4) is 0 Å². The average molecular weight is 359 g/mol. The van der Waals surface area contributed by atoms with Gasteiger partial charge in [0.25, 0.3) is 5.91 Å². The monoisotopic (exact) mass is 358 g/mol. The molecule has 24 heavy (non-hydrogen) atoms. The lowest BCUT2D eigenvalue weighted by Gasteiger charge is -2.22. The number of aromatic nitrogens is 1. The molecule has 3 rings (SSSR count). The number of halogens is 1. The van der Waals surface area contributed by atoms with Crippen molar-refractivity contribution in [2.75, 3.05) is 12.0 Å². The maximum absolute atomic E-state index is 12.9. The summed E-state index contributed by atoms with van der Waals surface area (Å²) in [4.78, 5) is 19.1. The standard InChI is InChI=1S/C18H15ClN2O2S/c1-23-15-9-7-13(8-10-15)12-21(14-5-3-2-4-6-14)17(22)16-11-20-18(19)24-16/h2-11H,12H2,1H3. The van der Waals surface area contributed by atoms with Crippen molar-refractivity contribution in [2.45, 2.75) is 6.54 Å². The molecule has 4 nitrogen and oxygen atoms in total. The van der Waals surface area contributed by atoms with Crippen LogP contribution in [0.4, 0.5) is 5.69 Å². The molecule has 0 fully saturated rings. The molecule has 1 amide bonds. The third-order valence-electron chi connectivity index (χ3n) is 3.50. The van der Waals surface area contributed by atoms with E-state index in [0.29, 0.717) is 15.9 Å². The highest BCUT2D eigenvalue weighted by molar-refractivity contribution is 7.17. The van der Waals surface area contributed by atoms with E-state index < -0.39 is 0 Å². The molecular formula is C18H15ClN2O2S. The summed E-state index contributed by atoms with van der Waals surface area (Å²) in [5.74, 6) is 0.659. The summed E-state index contributed by atoms with van der Waals surface area (Å²) in [5, 5.41) is 0. The minimum absolute atomic E-state index is 0.124. The van der Waals surface area contributed by atoms with Gasteiger partial charge in [-0.3, -0.25) is 4.79 Å². The number of hydrogen-bond acceptors (Lipinski definition) is 4. The zero-order chi connectivity index (χ0) is 16.9. The first-order chi connectivity index (χ1) is 11.7. The minimum Gasteiger partial charge on any atom is -0.497 e. The largest absolute Gasteiger partial charge is 0.497 e. The van der Waals surface area contributed by atoms with Crippen molar-refractivity contribution in [3.05, 3.63) is 75.7 Å². The smallest absolute Gasteiger partial charge is 0.270 e. The molecule has 0 aliphatic rings. The molecule has 0 atom stereocenters. The molecule has 122 valence electrons. The molecule has 0 unspecified atom stereocenters. The number of amides is 1. The third-order valence-corrected chi connectivity index (χ3v) is 4.60. The number of para-hydroxylation sites is 1. The molecule has 0 aliphatic heterocycles. The zero-order valence-electron chi connectivity index (χ0n) is 13.0. The lowest BCUT2D eigenvalue weighted by molar-refractivity contribution is 0.0989. The van der Waals surface area contributed by atoms with Crippen molar-refractivity contribution in [3.63, 3.8) is 0 Å². The van der Waals surface area contributed by atoms with Crippen LogP contribution < -0.4 is 9.64 Å². The van der Waals surface area contributed by atoms with Gasteiger partial charge in [-0.15, -0.1) is 0 Å². The lowest BCUT2D eigenvalue weighted by Crippen LogP contribution is -2.29. The number of benzene rings is 2. The Morgan fingerprint density at radius 1 is 1.17 bits per heavy atom. The highest BCUT2D eigenvalue weighted by atomic mass is 35.5. The van der Waals surface area contributed by atoms with E-state index >= 15 is 0 Å². The van der Waals surface area contributed by atoms with Gasteiger partial charge in [-0.1, -0.05) is 53.3 Å². The van der Waals surface area contributed by atoms with Crippen molar-refractivity contribution in [1.29, 1.82) is 0 Å². The average Bonchev–Trinajstić information content (AvgIpc) is 3.07. The second-order valence-corrected chi connectivity index (χ2v) is 6.67. The maximum atomic E-state index is 12.9. The molecular weight excluding hydrogens is 344 g/mol. The molecule has 0 N–H and O–H groups in total.